The summed E-state index contributed by atoms with van der Waals surface area (Å²) in [7, 11) is 1.78. The van der Waals surface area contributed by atoms with Crippen molar-refractivity contribution < 1.29 is 14.6 Å². The molecule has 84 valence electrons. The van der Waals surface area contributed by atoms with Crippen LogP contribution in [-0.4, -0.2) is 47.8 Å². The summed E-state index contributed by atoms with van der Waals surface area (Å²) < 4.78 is 5.14. The third-order valence-electron chi connectivity index (χ3n) is 1.82. The Hall–Kier alpha value is -0.610. The monoisotopic (exact) mass is 203 g/mol. The summed E-state index contributed by atoms with van der Waals surface area (Å²) in [5.74, 6) is -0.264. The van der Waals surface area contributed by atoms with Crippen molar-refractivity contribution in [2.75, 3.05) is 20.2 Å². The lowest BCUT2D eigenvalue weighted by Crippen LogP contribution is -2.38. The number of rotatable bonds is 4. The van der Waals surface area contributed by atoms with Crippen molar-refractivity contribution >= 4 is 5.97 Å². The highest BCUT2D eigenvalue weighted by Crippen LogP contribution is 2.07. The topological polar surface area (TPSA) is 49.8 Å². The normalized spacial score (nSPS) is 14.2. The largest absolute Gasteiger partial charge is 0.459 e. The molecule has 0 aromatic carbocycles. The van der Waals surface area contributed by atoms with Gasteiger partial charge >= 0.3 is 5.97 Å². The first kappa shape index (κ1) is 13.4. The number of hydrogen-bond acceptors (Lipinski definition) is 4. The first-order valence-electron chi connectivity index (χ1n) is 4.79. The maximum absolute atomic E-state index is 11.3. The van der Waals surface area contributed by atoms with Gasteiger partial charge in [0.05, 0.1) is 13.2 Å². The predicted molar refractivity (Wildman–Crippen MR) is 55.0 cm³/mol. The SMILES string of the molecule is CC(CO)N(C)CC(=O)OC(C)(C)C. The summed E-state index contributed by atoms with van der Waals surface area (Å²) in [5.41, 5.74) is -0.444. The highest BCUT2D eigenvalue weighted by atomic mass is 16.6. The van der Waals surface area contributed by atoms with Crippen molar-refractivity contribution in [2.24, 2.45) is 0 Å². The lowest BCUT2D eigenvalue weighted by Gasteiger charge is -2.25. The maximum Gasteiger partial charge on any atom is 0.320 e. The molecule has 1 atom stereocenters. The van der Waals surface area contributed by atoms with Crippen LogP contribution in [0.5, 0.6) is 0 Å². The van der Waals surface area contributed by atoms with E-state index in [1.54, 1.807) is 11.9 Å². The predicted octanol–water partition coefficient (Wildman–Crippen LogP) is 0.641. The molecule has 0 aliphatic rings. The van der Waals surface area contributed by atoms with Gasteiger partial charge in [0.15, 0.2) is 0 Å². The van der Waals surface area contributed by atoms with Gasteiger partial charge in [-0.1, -0.05) is 0 Å². The van der Waals surface area contributed by atoms with E-state index in [0.29, 0.717) is 0 Å². The molecule has 4 nitrogen and oxygen atoms in total. The van der Waals surface area contributed by atoms with Crippen LogP contribution in [0, 0.1) is 0 Å². The highest BCUT2D eigenvalue weighted by molar-refractivity contribution is 5.72. The summed E-state index contributed by atoms with van der Waals surface area (Å²) in [4.78, 5) is 13.1. The zero-order chi connectivity index (χ0) is 11.4. The van der Waals surface area contributed by atoms with E-state index in [4.69, 9.17) is 9.84 Å². The second-order valence-electron chi connectivity index (χ2n) is 4.53. The minimum Gasteiger partial charge on any atom is -0.459 e. The number of hydrogen-bond donors (Lipinski definition) is 1. The van der Waals surface area contributed by atoms with Gasteiger partial charge in [-0.05, 0) is 34.7 Å². The Balaban J connectivity index is 3.95. The Bertz CT molecular complexity index is 186. The molecule has 0 aliphatic heterocycles. The Morgan fingerprint density at radius 3 is 2.36 bits per heavy atom. The van der Waals surface area contributed by atoms with Crippen molar-refractivity contribution in [1.29, 1.82) is 0 Å². The van der Waals surface area contributed by atoms with Crippen LogP contribution >= 0.6 is 0 Å². The van der Waals surface area contributed by atoms with Crippen LogP contribution in [0.15, 0.2) is 0 Å². The van der Waals surface area contributed by atoms with Crippen LogP contribution in [-0.2, 0) is 9.53 Å². The number of nitrogens with zero attached hydrogens (tertiary/aromatic N) is 1. The standard InChI is InChI=1S/C10H21NO3/c1-8(7-12)11(5)6-9(13)14-10(2,3)4/h8,12H,6-7H2,1-5H3. The van der Waals surface area contributed by atoms with Gasteiger partial charge in [-0.15, -0.1) is 0 Å². The molecule has 0 heterocycles. The lowest BCUT2D eigenvalue weighted by molar-refractivity contribution is -0.156. The van der Waals surface area contributed by atoms with Crippen LogP contribution in [0.2, 0.25) is 0 Å². The van der Waals surface area contributed by atoms with Crippen LogP contribution in [0.1, 0.15) is 27.7 Å². The second-order valence-corrected chi connectivity index (χ2v) is 4.53. The van der Waals surface area contributed by atoms with Crippen molar-refractivity contribution in [2.45, 2.75) is 39.3 Å². The van der Waals surface area contributed by atoms with Crippen LogP contribution in [0.3, 0.4) is 0 Å². The third kappa shape index (κ3) is 5.94. The van der Waals surface area contributed by atoms with E-state index in [2.05, 4.69) is 0 Å². The van der Waals surface area contributed by atoms with Crippen LogP contribution < -0.4 is 0 Å². The number of aliphatic hydroxyl groups is 1. The fourth-order valence-corrected chi connectivity index (χ4v) is 0.873. The van der Waals surface area contributed by atoms with Gasteiger partial charge < -0.3 is 9.84 Å². The number of ether oxygens (including phenoxy) is 1. The van der Waals surface area contributed by atoms with Gasteiger partial charge in [-0.3, -0.25) is 9.69 Å². The van der Waals surface area contributed by atoms with E-state index in [1.165, 1.54) is 0 Å². The first-order chi connectivity index (χ1) is 6.26. The van der Waals surface area contributed by atoms with E-state index in [9.17, 15) is 4.79 Å². The zero-order valence-corrected chi connectivity index (χ0v) is 9.70. The molecule has 14 heavy (non-hydrogen) atoms. The summed E-state index contributed by atoms with van der Waals surface area (Å²) in [6.07, 6.45) is 0. The van der Waals surface area contributed by atoms with Gasteiger partial charge in [0.2, 0.25) is 0 Å². The van der Waals surface area contributed by atoms with Crippen molar-refractivity contribution in [3.05, 3.63) is 0 Å². The number of carbonyl (C=O) groups excluding carboxylic acids is 1. The molecule has 0 aliphatic carbocycles. The van der Waals surface area contributed by atoms with Gasteiger partial charge in [0.25, 0.3) is 0 Å². The van der Waals surface area contributed by atoms with Gasteiger partial charge in [0.1, 0.15) is 5.60 Å². The molecule has 0 amide bonds. The average Bonchev–Trinajstić information content (AvgIpc) is 1.99. The molecule has 1 unspecified atom stereocenters. The van der Waals surface area contributed by atoms with E-state index in [0.717, 1.165) is 0 Å². The van der Waals surface area contributed by atoms with Crippen LogP contribution in [0.4, 0.5) is 0 Å². The van der Waals surface area contributed by atoms with E-state index < -0.39 is 5.60 Å². The number of likely N-dealkylation sites (N-methyl/N-ethyl adjacent to an activating group) is 1. The molecule has 0 aromatic heterocycles. The zero-order valence-electron chi connectivity index (χ0n) is 9.70. The van der Waals surface area contributed by atoms with Crippen molar-refractivity contribution in [1.82, 2.24) is 4.90 Å². The summed E-state index contributed by atoms with van der Waals surface area (Å²) in [5, 5.41) is 8.86. The molecular weight excluding hydrogens is 182 g/mol. The average molecular weight is 203 g/mol. The Labute approximate surface area is 85.9 Å². The minimum absolute atomic E-state index is 0.0254. The molecule has 0 bridgehead atoms. The van der Waals surface area contributed by atoms with E-state index >= 15 is 0 Å². The fourth-order valence-electron chi connectivity index (χ4n) is 0.873. The Kier molecular flexibility index (Phi) is 5.08. The number of carbonyl (C=O) groups is 1. The lowest BCUT2D eigenvalue weighted by atomic mass is 10.2. The summed E-state index contributed by atoms with van der Waals surface area (Å²) in [6, 6.07) is -0.0254. The van der Waals surface area contributed by atoms with Crippen molar-refractivity contribution in [3.8, 4) is 0 Å². The summed E-state index contributed by atoms with van der Waals surface area (Å²) >= 11 is 0. The van der Waals surface area contributed by atoms with Crippen LogP contribution in [0.25, 0.3) is 0 Å². The highest BCUT2D eigenvalue weighted by Gasteiger charge is 2.19. The smallest absolute Gasteiger partial charge is 0.320 e. The molecule has 1 N–H and O–H groups in total. The Morgan fingerprint density at radius 1 is 1.50 bits per heavy atom. The van der Waals surface area contributed by atoms with Gasteiger partial charge in [0, 0.05) is 6.04 Å². The second kappa shape index (κ2) is 5.32. The number of esters is 1. The minimum atomic E-state index is -0.444. The van der Waals surface area contributed by atoms with Gasteiger partial charge in [-0.2, -0.15) is 0 Å². The molecule has 0 aromatic rings. The maximum atomic E-state index is 11.3. The molecule has 0 rings (SSSR count). The Morgan fingerprint density at radius 2 is 2.00 bits per heavy atom. The molecule has 0 fully saturated rings. The van der Waals surface area contributed by atoms with Gasteiger partial charge in [-0.25, -0.2) is 0 Å². The van der Waals surface area contributed by atoms with E-state index in [1.807, 2.05) is 27.7 Å². The summed E-state index contributed by atoms with van der Waals surface area (Å²) in [6.45, 7) is 7.60. The molecular formula is C10H21NO3. The molecule has 0 spiro atoms. The first-order valence-corrected chi connectivity index (χ1v) is 4.79. The fraction of sp³-hybridized carbons (Fsp3) is 0.900. The molecule has 0 radical (unpaired) electrons. The van der Waals surface area contributed by atoms with E-state index in [-0.39, 0.29) is 25.2 Å². The number of aliphatic hydroxyl groups excluding tert-OH is 1. The molecule has 4 heteroatoms. The molecule has 0 saturated heterocycles. The van der Waals surface area contributed by atoms with Crippen molar-refractivity contribution in [3.63, 3.8) is 0 Å². The quantitative estimate of drug-likeness (QED) is 0.681. The molecule has 0 saturated carbocycles. The third-order valence-corrected chi connectivity index (χ3v) is 1.82.